The van der Waals surface area contributed by atoms with Crippen LogP contribution in [-0.2, 0) is 4.79 Å². The maximum Gasteiger partial charge on any atom is 0.240 e. The molecule has 1 aromatic carbocycles. The highest BCUT2D eigenvalue weighted by Crippen LogP contribution is 2.22. The van der Waals surface area contributed by atoms with Crippen LogP contribution in [0.2, 0.25) is 0 Å². The monoisotopic (exact) mass is 250 g/mol. The third-order valence-electron chi connectivity index (χ3n) is 2.48. The van der Waals surface area contributed by atoms with Gasteiger partial charge in [0.25, 0.3) is 0 Å². The molecule has 0 radical (unpaired) electrons. The van der Waals surface area contributed by atoms with Crippen LogP contribution in [0, 0.1) is 0 Å². The van der Waals surface area contributed by atoms with Crippen LogP contribution in [-0.4, -0.2) is 21.8 Å². The second-order valence-corrected chi connectivity index (χ2v) is 4.04. The van der Waals surface area contributed by atoms with Crippen molar-refractivity contribution in [2.75, 3.05) is 0 Å². The second kappa shape index (κ2) is 6.64. The molecule has 1 amide bonds. The number of hydrogen-bond acceptors (Lipinski definition) is 4. The Kier molecular flexibility index (Phi) is 5.17. The molecule has 18 heavy (non-hydrogen) atoms. The number of nitrogens with zero attached hydrogens (tertiary/aromatic N) is 1. The largest absolute Gasteiger partial charge is 0.508 e. The second-order valence-electron chi connectivity index (χ2n) is 4.04. The van der Waals surface area contributed by atoms with E-state index in [1.54, 1.807) is 13.0 Å². The number of hydrogen-bond donors (Lipinski definition) is 3. The van der Waals surface area contributed by atoms with E-state index in [1.165, 1.54) is 12.1 Å². The maximum absolute atomic E-state index is 11.4. The zero-order chi connectivity index (χ0) is 13.5. The van der Waals surface area contributed by atoms with Gasteiger partial charge in [-0.05, 0) is 25.5 Å². The zero-order valence-electron chi connectivity index (χ0n) is 10.6. The van der Waals surface area contributed by atoms with Crippen LogP contribution in [0.25, 0.3) is 0 Å². The zero-order valence-corrected chi connectivity index (χ0v) is 10.6. The normalized spacial score (nSPS) is 11.3. The van der Waals surface area contributed by atoms with Gasteiger partial charge in [-0.15, -0.1) is 0 Å². The molecule has 5 heteroatoms. The minimum Gasteiger partial charge on any atom is -0.508 e. The summed E-state index contributed by atoms with van der Waals surface area (Å²) in [4.78, 5) is 11.4. The Balaban J connectivity index is 2.68. The van der Waals surface area contributed by atoms with Gasteiger partial charge in [-0.1, -0.05) is 13.3 Å². The van der Waals surface area contributed by atoms with Crippen LogP contribution in [0.5, 0.6) is 11.5 Å². The number of aromatic hydroxyl groups is 2. The van der Waals surface area contributed by atoms with E-state index >= 15 is 0 Å². The molecule has 5 nitrogen and oxygen atoms in total. The molecule has 1 rings (SSSR count). The molecule has 1 aromatic rings. The summed E-state index contributed by atoms with van der Waals surface area (Å²) >= 11 is 0. The lowest BCUT2D eigenvalue weighted by molar-refractivity contribution is -0.121. The minimum absolute atomic E-state index is 0.0176. The number of phenolic OH excluding ortho intramolecular Hbond substituents is 2. The van der Waals surface area contributed by atoms with Gasteiger partial charge in [-0.3, -0.25) is 4.79 Å². The molecule has 0 atom stereocenters. The third-order valence-corrected chi connectivity index (χ3v) is 2.48. The Labute approximate surface area is 106 Å². The molecular formula is C13H18N2O3. The van der Waals surface area contributed by atoms with Crippen molar-refractivity contribution in [2.45, 2.75) is 33.1 Å². The lowest BCUT2D eigenvalue weighted by atomic mass is 10.1. The van der Waals surface area contributed by atoms with Crippen molar-refractivity contribution >= 4 is 11.6 Å². The molecule has 0 heterocycles. The summed E-state index contributed by atoms with van der Waals surface area (Å²) in [7, 11) is 0. The van der Waals surface area contributed by atoms with Crippen LogP contribution in [0.1, 0.15) is 38.7 Å². The molecule has 0 aliphatic heterocycles. The van der Waals surface area contributed by atoms with Gasteiger partial charge in [0, 0.05) is 18.1 Å². The molecule has 3 N–H and O–H groups in total. The van der Waals surface area contributed by atoms with Crippen molar-refractivity contribution < 1.29 is 15.0 Å². The van der Waals surface area contributed by atoms with Crippen LogP contribution in [0.4, 0.5) is 0 Å². The molecular weight excluding hydrogens is 232 g/mol. The number of phenols is 2. The van der Waals surface area contributed by atoms with E-state index in [-0.39, 0.29) is 17.4 Å². The summed E-state index contributed by atoms with van der Waals surface area (Å²) in [5, 5.41) is 22.7. The molecule has 0 saturated heterocycles. The number of carbonyl (C=O) groups excluding carboxylic acids is 1. The Bertz CT molecular complexity index is 456. The van der Waals surface area contributed by atoms with E-state index in [2.05, 4.69) is 10.5 Å². The predicted octanol–water partition coefficient (Wildman–Crippen LogP) is 2.13. The van der Waals surface area contributed by atoms with E-state index in [0.717, 1.165) is 12.8 Å². The lowest BCUT2D eigenvalue weighted by Gasteiger charge is -2.05. The van der Waals surface area contributed by atoms with Gasteiger partial charge >= 0.3 is 0 Å². The first-order valence-electron chi connectivity index (χ1n) is 5.90. The predicted molar refractivity (Wildman–Crippen MR) is 69.7 cm³/mol. The van der Waals surface area contributed by atoms with Gasteiger partial charge in [0.15, 0.2) is 0 Å². The van der Waals surface area contributed by atoms with Crippen LogP contribution in [0.3, 0.4) is 0 Å². The maximum atomic E-state index is 11.4. The lowest BCUT2D eigenvalue weighted by Crippen LogP contribution is -2.18. The van der Waals surface area contributed by atoms with Crippen LogP contribution in [0.15, 0.2) is 23.3 Å². The van der Waals surface area contributed by atoms with E-state index in [9.17, 15) is 9.90 Å². The quantitative estimate of drug-likeness (QED) is 0.553. The highest BCUT2D eigenvalue weighted by Gasteiger charge is 2.06. The van der Waals surface area contributed by atoms with Gasteiger partial charge in [0.05, 0.1) is 5.71 Å². The van der Waals surface area contributed by atoms with Crippen molar-refractivity contribution in [3.05, 3.63) is 23.8 Å². The van der Waals surface area contributed by atoms with Crippen molar-refractivity contribution in [3.63, 3.8) is 0 Å². The molecule has 0 aromatic heterocycles. The van der Waals surface area contributed by atoms with Gasteiger partial charge in [0.2, 0.25) is 5.91 Å². The molecule has 98 valence electrons. The number of nitrogens with one attached hydrogen (secondary N) is 1. The Hall–Kier alpha value is -2.04. The summed E-state index contributed by atoms with van der Waals surface area (Å²) in [6.07, 6.45) is 2.22. The van der Waals surface area contributed by atoms with Gasteiger partial charge in [-0.2, -0.15) is 5.10 Å². The van der Waals surface area contributed by atoms with Gasteiger partial charge in [0.1, 0.15) is 11.5 Å². The van der Waals surface area contributed by atoms with E-state index in [4.69, 9.17) is 5.11 Å². The summed E-state index contributed by atoms with van der Waals surface area (Å²) in [5.74, 6) is -0.232. The molecule has 0 unspecified atom stereocenters. The first-order valence-corrected chi connectivity index (χ1v) is 5.90. The minimum atomic E-state index is -0.144. The number of carbonyl (C=O) groups is 1. The van der Waals surface area contributed by atoms with Crippen LogP contribution < -0.4 is 5.43 Å². The topological polar surface area (TPSA) is 81.9 Å². The highest BCUT2D eigenvalue weighted by molar-refractivity contribution is 6.01. The molecule has 0 fully saturated rings. The first-order chi connectivity index (χ1) is 8.54. The SMILES string of the molecule is CCCCC(=O)NN=C(C)c1ccc(O)cc1O. The Morgan fingerprint density at radius 1 is 1.39 bits per heavy atom. The molecule has 0 aliphatic rings. The van der Waals surface area contributed by atoms with Crippen molar-refractivity contribution in [3.8, 4) is 11.5 Å². The van der Waals surface area contributed by atoms with Crippen LogP contribution >= 0.6 is 0 Å². The summed E-state index contributed by atoms with van der Waals surface area (Å²) in [6.45, 7) is 3.68. The fraction of sp³-hybridized carbons (Fsp3) is 0.385. The van der Waals surface area contributed by atoms with Crippen molar-refractivity contribution in [1.29, 1.82) is 0 Å². The fourth-order valence-corrected chi connectivity index (χ4v) is 1.43. The first kappa shape index (κ1) is 14.0. The summed E-state index contributed by atoms with van der Waals surface area (Å²) < 4.78 is 0. The average Bonchev–Trinajstić information content (AvgIpc) is 2.33. The number of benzene rings is 1. The van der Waals surface area contributed by atoms with E-state index < -0.39 is 0 Å². The number of unbranched alkanes of at least 4 members (excludes halogenated alkanes) is 1. The van der Waals surface area contributed by atoms with Crippen molar-refractivity contribution in [1.82, 2.24) is 5.43 Å². The van der Waals surface area contributed by atoms with Gasteiger partial charge in [-0.25, -0.2) is 5.43 Å². The van der Waals surface area contributed by atoms with E-state index in [1.807, 2.05) is 6.92 Å². The molecule has 0 aliphatic carbocycles. The fourth-order valence-electron chi connectivity index (χ4n) is 1.43. The van der Waals surface area contributed by atoms with Crippen molar-refractivity contribution in [2.24, 2.45) is 5.10 Å². The Morgan fingerprint density at radius 3 is 2.72 bits per heavy atom. The highest BCUT2D eigenvalue weighted by atomic mass is 16.3. The number of rotatable bonds is 5. The molecule has 0 spiro atoms. The standard InChI is InChI=1S/C13H18N2O3/c1-3-4-5-13(18)15-14-9(2)11-7-6-10(16)8-12(11)17/h6-8,16-17H,3-5H2,1-2H3,(H,15,18). The molecule has 0 saturated carbocycles. The number of amides is 1. The third kappa shape index (κ3) is 4.08. The average molecular weight is 250 g/mol. The van der Waals surface area contributed by atoms with Gasteiger partial charge < -0.3 is 10.2 Å². The number of hydrazone groups is 1. The molecule has 0 bridgehead atoms. The Morgan fingerprint density at radius 2 is 2.11 bits per heavy atom. The van der Waals surface area contributed by atoms with E-state index in [0.29, 0.717) is 17.7 Å². The smallest absolute Gasteiger partial charge is 0.240 e. The summed E-state index contributed by atoms with van der Waals surface area (Å²) in [6, 6.07) is 4.22. The summed E-state index contributed by atoms with van der Waals surface area (Å²) in [5.41, 5.74) is 3.39.